The summed E-state index contributed by atoms with van der Waals surface area (Å²) in [5.41, 5.74) is 1.30. The van der Waals surface area contributed by atoms with E-state index >= 15 is 0 Å². The van der Waals surface area contributed by atoms with E-state index in [1.54, 1.807) is 0 Å². The number of benzene rings is 1. The van der Waals surface area contributed by atoms with Crippen molar-refractivity contribution < 1.29 is 4.74 Å². The zero-order valence-electron chi connectivity index (χ0n) is 10.9. The van der Waals surface area contributed by atoms with Gasteiger partial charge in [0.05, 0.1) is 6.61 Å². The molecular formula is C15H23NO. The van der Waals surface area contributed by atoms with Crippen LogP contribution in [0, 0.1) is 11.8 Å². The van der Waals surface area contributed by atoms with Crippen molar-refractivity contribution in [1.82, 2.24) is 5.32 Å². The van der Waals surface area contributed by atoms with Crippen molar-refractivity contribution >= 4 is 0 Å². The summed E-state index contributed by atoms with van der Waals surface area (Å²) in [4.78, 5) is 0. The van der Waals surface area contributed by atoms with Gasteiger partial charge in [0.15, 0.2) is 0 Å². The summed E-state index contributed by atoms with van der Waals surface area (Å²) in [6.07, 6.45) is 2.87. The molecular weight excluding hydrogens is 210 g/mol. The lowest BCUT2D eigenvalue weighted by Crippen LogP contribution is -2.21. The van der Waals surface area contributed by atoms with E-state index in [4.69, 9.17) is 4.74 Å². The van der Waals surface area contributed by atoms with Crippen molar-refractivity contribution in [1.29, 1.82) is 0 Å². The third-order valence-corrected chi connectivity index (χ3v) is 3.43. The molecule has 0 radical (unpaired) electrons. The Bertz CT molecular complexity index is 347. The maximum atomic E-state index is 5.49. The van der Waals surface area contributed by atoms with E-state index in [9.17, 15) is 0 Å². The van der Waals surface area contributed by atoms with Gasteiger partial charge in [-0.1, -0.05) is 19.1 Å². The smallest absolute Gasteiger partial charge is 0.119 e. The lowest BCUT2D eigenvalue weighted by atomic mass is 10.1. The quantitative estimate of drug-likeness (QED) is 0.780. The largest absolute Gasteiger partial charge is 0.494 e. The minimum atomic E-state index is 0.732. The molecule has 17 heavy (non-hydrogen) atoms. The standard InChI is InChI=1S/C15H23NO/c1-3-17-15-6-4-5-13(9-15)11-16-10-12(2)14-7-8-14/h4-6,9,12,14,16H,3,7-8,10-11H2,1-2H3. The van der Waals surface area contributed by atoms with Crippen molar-refractivity contribution in [2.24, 2.45) is 11.8 Å². The molecule has 0 aromatic heterocycles. The van der Waals surface area contributed by atoms with Gasteiger partial charge < -0.3 is 10.1 Å². The van der Waals surface area contributed by atoms with Crippen LogP contribution < -0.4 is 10.1 Å². The maximum absolute atomic E-state index is 5.49. The van der Waals surface area contributed by atoms with Crippen LogP contribution in [0.4, 0.5) is 0 Å². The number of nitrogens with one attached hydrogen (secondary N) is 1. The molecule has 1 atom stereocenters. The third kappa shape index (κ3) is 4.04. The fourth-order valence-corrected chi connectivity index (χ4v) is 2.19. The maximum Gasteiger partial charge on any atom is 0.119 e. The molecule has 0 aliphatic heterocycles. The average molecular weight is 233 g/mol. The molecule has 1 unspecified atom stereocenters. The summed E-state index contributed by atoms with van der Waals surface area (Å²) in [5, 5.41) is 3.54. The lowest BCUT2D eigenvalue weighted by molar-refractivity contribution is 0.339. The Morgan fingerprint density at radius 1 is 1.41 bits per heavy atom. The van der Waals surface area contributed by atoms with E-state index in [0.717, 1.165) is 37.3 Å². The summed E-state index contributed by atoms with van der Waals surface area (Å²) < 4.78 is 5.49. The molecule has 1 fully saturated rings. The molecule has 0 heterocycles. The molecule has 2 rings (SSSR count). The summed E-state index contributed by atoms with van der Waals surface area (Å²) >= 11 is 0. The molecule has 0 saturated heterocycles. The van der Waals surface area contributed by atoms with E-state index in [-0.39, 0.29) is 0 Å². The fourth-order valence-electron chi connectivity index (χ4n) is 2.19. The first kappa shape index (κ1) is 12.4. The molecule has 2 heteroatoms. The van der Waals surface area contributed by atoms with Crippen LogP contribution >= 0.6 is 0 Å². The first-order valence-corrected chi connectivity index (χ1v) is 6.72. The lowest BCUT2D eigenvalue weighted by Gasteiger charge is -2.12. The van der Waals surface area contributed by atoms with Gasteiger partial charge in [0.2, 0.25) is 0 Å². The van der Waals surface area contributed by atoms with Gasteiger partial charge in [-0.15, -0.1) is 0 Å². The van der Waals surface area contributed by atoms with Gasteiger partial charge in [-0.25, -0.2) is 0 Å². The van der Waals surface area contributed by atoms with Crippen LogP contribution in [-0.4, -0.2) is 13.2 Å². The van der Waals surface area contributed by atoms with Crippen LogP contribution in [0.25, 0.3) is 0 Å². The van der Waals surface area contributed by atoms with Crippen molar-refractivity contribution in [3.8, 4) is 5.75 Å². The van der Waals surface area contributed by atoms with Gasteiger partial charge >= 0.3 is 0 Å². The second-order valence-electron chi connectivity index (χ2n) is 5.03. The molecule has 1 aromatic rings. The Kier molecular flexibility index (Phi) is 4.43. The minimum absolute atomic E-state index is 0.732. The topological polar surface area (TPSA) is 21.3 Å². The Morgan fingerprint density at radius 3 is 2.94 bits per heavy atom. The Morgan fingerprint density at radius 2 is 2.24 bits per heavy atom. The van der Waals surface area contributed by atoms with Gasteiger partial charge in [-0.3, -0.25) is 0 Å². The highest BCUT2D eigenvalue weighted by molar-refractivity contribution is 5.28. The van der Waals surface area contributed by atoms with Gasteiger partial charge in [0, 0.05) is 6.54 Å². The second kappa shape index (κ2) is 6.06. The highest BCUT2D eigenvalue weighted by Gasteiger charge is 2.27. The highest BCUT2D eigenvalue weighted by Crippen LogP contribution is 2.36. The monoisotopic (exact) mass is 233 g/mol. The predicted molar refractivity (Wildman–Crippen MR) is 71.2 cm³/mol. The van der Waals surface area contributed by atoms with E-state index in [1.807, 2.05) is 13.0 Å². The molecule has 94 valence electrons. The second-order valence-corrected chi connectivity index (χ2v) is 5.03. The highest BCUT2D eigenvalue weighted by atomic mass is 16.5. The number of hydrogen-bond donors (Lipinski definition) is 1. The van der Waals surface area contributed by atoms with Crippen LogP contribution in [0.5, 0.6) is 5.75 Å². The first-order valence-electron chi connectivity index (χ1n) is 6.72. The van der Waals surface area contributed by atoms with Crippen LogP contribution in [0.3, 0.4) is 0 Å². The number of hydrogen-bond acceptors (Lipinski definition) is 2. The SMILES string of the molecule is CCOc1cccc(CNCC(C)C2CC2)c1. The van der Waals surface area contributed by atoms with Crippen molar-refractivity contribution in [2.45, 2.75) is 33.2 Å². The Hall–Kier alpha value is -1.02. The molecule has 1 N–H and O–H groups in total. The van der Waals surface area contributed by atoms with E-state index in [1.165, 1.54) is 18.4 Å². The normalized spacial score (nSPS) is 16.8. The average Bonchev–Trinajstić information content (AvgIpc) is 3.14. The van der Waals surface area contributed by atoms with Crippen LogP contribution in [0.15, 0.2) is 24.3 Å². The van der Waals surface area contributed by atoms with Crippen LogP contribution in [0.2, 0.25) is 0 Å². The number of rotatable bonds is 7. The van der Waals surface area contributed by atoms with E-state index < -0.39 is 0 Å². The zero-order chi connectivity index (χ0) is 12.1. The molecule has 1 aliphatic carbocycles. The summed E-state index contributed by atoms with van der Waals surface area (Å²) in [7, 11) is 0. The molecule has 1 aromatic carbocycles. The minimum Gasteiger partial charge on any atom is -0.494 e. The Labute approximate surface area is 104 Å². The summed E-state index contributed by atoms with van der Waals surface area (Å²) in [6, 6.07) is 8.35. The molecule has 2 nitrogen and oxygen atoms in total. The van der Waals surface area contributed by atoms with Crippen LogP contribution in [-0.2, 0) is 6.54 Å². The van der Waals surface area contributed by atoms with E-state index in [0.29, 0.717) is 0 Å². The summed E-state index contributed by atoms with van der Waals surface area (Å²) in [5.74, 6) is 2.78. The Balaban J connectivity index is 1.75. The number of ether oxygens (including phenoxy) is 1. The van der Waals surface area contributed by atoms with Gasteiger partial charge in [-0.05, 0) is 55.8 Å². The summed E-state index contributed by atoms with van der Waals surface area (Å²) in [6.45, 7) is 7.17. The molecule has 1 saturated carbocycles. The van der Waals surface area contributed by atoms with Gasteiger partial charge in [-0.2, -0.15) is 0 Å². The zero-order valence-corrected chi connectivity index (χ0v) is 10.9. The van der Waals surface area contributed by atoms with Crippen molar-refractivity contribution in [3.63, 3.8) is 0 Å². The molecule has 0 bridgehead atoms. The molecule has 1 aliphatic rings. The van der Waals surface area contributed by atoms with Gasteiger partial charge in [0.1, 0.15) is 5.75 Å². The van der Waals surface area contributed by atoms with Gasteiger partial charge in [0.25, 0.3) is 0 Å². The van der Waals surface area contributed by atoms with Crippen molar-refractivity contribution in [2.75, 3.05) is 13.2 Å². The fraction of sp³-hybridized carbons (Fsp3) is 0.600. The third-order valence-electron chi connectivity index (χ3n) is 3.43. The van der Waals surface area contributed by atoms with E-state index in [2.05, 4.69) is 30.4 Å². The predicted octanol–water partition coefficient (Wildman–Crippen LogP) is 3.22. The van der Waals surface area contributed by atoms with Crippen molar-refractivity contribution in [3.05, 3.63) is 29.8 Å². The van der Waals surface area contributed by atoms with Crippen LogP contribution in [0.1, 0.15) is 32.3 Å². The first-order chi connectivity index (χ1) is 8.29. The molecule has 0 spiro atoms. The molecule has 0 amide bonds.